The number of rotatable bonds is 9. The van der Waals surface area contributed by atoms with Gasteiger partial charge in [0.1, 0.15) is 0 Å². The first-order valence-electron chi connectivity index (χ1n) is 6.82. The van der Waals surface area contributed by atoms with Crippen LogP contribution in [0.3, 0.4) is 0 Å². The zero-order valence-corrected chi connectivity index (χ0v) is 12.6. The standard InChI is InChI=1S/C14H24N2O2S/c1-3-10-15-11-6-7-12-19(17,18)16-14-9-5-4-8-13(14)2/h4-5,8-9,15-16H,3,6-7,10-12H2,1-2H3. The highest BCUT2D eigenvalue weighted by atomic mass is 32.2. The molecule has 108 valence electrons. The van der Waals surface area contributed by atoms with Crippen LogP contribution in [-0.4, -0.2) is 27.3 Å². The molecule has 5 heteroatoms. The maximum atomic E-state index is 11.9. The topological polar surface area (TPSA) is 58.2 Å². The number of sulfonamides is 1. The highest BCUT2D eigenvalue weighted by molar-refractivity contribution is 7.92. The van der Waals surface area contributed by atoms with E-state index in [2.05, 4.69) is 17.0 Å². The Kier molecular flexibility index (Phi) is 6.87. The molecule has 0 aromatic heterocycles. The monoisotopic (exact) mass is 284 g/mol. The summed E-state index contributed by atoms with van der Waals surface area (Å²) >= 11 is 0. The fourth-order valence-electron chi connectivity index (χ4n) is 1.75. The summed E-state index contributed by atoms with van der Waals surface area (Å²) in [6.07, 6.45) is 2.67. The number of nitrogens with one attached hydrogen (secondary N) is 2. The molecule has 0 unspecified atom stereocenters. The molecule has 1 aromatic carbocycles. The molecule has 19 heavy (non-hydrogen) atoms. The second-order valence-corrected chi connectivity index (χ2v) is 6.53. The summed E-state index contributed by atoms with van der Waals surface area (Å²) in [7, 11) is -3.23. The zero-order valence-electron chi connectivity index (χ0n) is 11.8. The molecule has 0 aliphatic heterocycles. The van der Waals surface area contributed by atoms with Gasteiger partial charge in [-0.25, -0.2) is 8.42 Å². The summed E-state index contributed by atoms with van der Waals surface area (Å²) in [5, 5.41) is 3.26. The predicted octanol–water partition coefficient (Wildman–Crippen LogP) is 2.52. The summed E-state index contributed by atoms with van der Waals surface area (Å²) in [5.74, 6) is 0.176. The molecular formula is C14H24N2O2S. The van der Waals surface area contributed by atoms with Crippen LogP contribution >= 0.6 is 0 Å². The molecule has 0 saturated carbocycles. The fraction of sp³-hybridized carbons (Fsp3) is 0.571. The molecule has 0 atom stereocenters. The molecule has 4 nitrogen and oxygen atoms in total. The van der Waals surface area contributed by atoms with E-state index >= 15 is 0 Å². The summed E-state index contributed by atoms with van der Waals surface area (Å²) in [5.41, 5.74) is 1.61. The minimum atomic E-state index is -3.23. The molecule has 0 radical (unpaired) electrons. The van der Waals surface area contributed by atoms with Crippen molar-refractivity contribution in [1.29, 1.82) is 0 Å². The third-order valence-corrected chi connectivity index (χ3v) is 4.21. The van der Waals surface area contributed by atoms with Crippen LogP contribution in [0.5, 0.6) is 0 Å². The first-order valence-corrected chi connectivity index (χ1v) is 8.47. The van der Waals surface area contributed by atoms with Crippen LogP contribution in [0.2, 0.25) is 0 Å². The SMILES string of the molecule is CCCNCCCCS(=O)(=O)Nc1ccccc1C. The Labute approximate surface area is 116 Å². The van der Waals surface area contributed by atoms with Crippen LogP contribution in [0.1, 0.15) is 31.7 Å². The molecule has 0 spiro atoms. The Morgan fingerprint density at radius 3 is 2.53 bits per heavy atom. The number of unbranched alkanes of at least 4 members (excludes halogenated alkanes) is 1. The Balaban J connectivity index is 2.34. The second-order valence-electron chi connectivity index (χ2n) is 4.69. The van der Waals surface area contributed by atoms with Crippen LogP contribution in [0.4, 0.5) is 5.69 Å². The molecule has 0 bridgehead atoms. The van der Waals surface area contributed by atoms with Gasteiger partial charge >= 0.3 is 0 Å². The van der Waals surface area contributed by atoms with Crippen molar-refractivity contribution in [3.63, 3.8) is 0 Å². The van der Waals surface area contributed by atoms with E-state index in [1.807, 2.05) is 25.1 Å². The Hall–Kier alpha value is -1.07. The van der Waals surface area contributed by atoms with Gasteiger partial charge in [0.2, 0.25) is 10.0 Å². The molecule has 0 amide bonds. The fourth-order valence-corrected chi connectivity index (χ4v) is 3.00. The van der Waals surface area contributed by atoms with Crippen LogP contribution in [0.25, 0.3) is 0 Å². The van der Waals surface area contributed by atoms with Gasteiger partial charge in [-0.1, -0.05) is 25.1 Å². The first-order chi connectivity index (χ1) is 9.05. The third kappa shape index (κ3) is 6.59. The van der Waals surface area contributed by atoms with Crippen molar-refractivity contribution in [2.45, 2.75) is 33.1 Å². The number of hydrogen-bond acceptors (Lipinski definition) is 3. The predicted molar refractivity (Wildman–Crippen MR) is 81.0 cm³/mol. The average molecular weight is 284 g/mol. The summed E-state index contributed by atoms with van der Waals surface area (Å²) in [4.78, 5) is 0. The molecule has 0 aliphatic rings. The number of hydrogen-bond donors (Lipinski definition) is 2. The molecule has 0 aliphatic carbocycles. The van der Waals surface area contributed by atoms with Crippen LogP contribution < -0.4 is 10.0 Å². The molecule has 1 aromatic rings. The molecule has 0 saturated heterocycles. The molecule has 1 rings (SSSR count). The third-order valence-electron chi connectivity index (χ3n) is 2.85. The van der Waals surface area contributed by atoms with E-state index in [0.29, 0.717) is 12.1 Å². The van der Waals surface area contributed by atoms with Crippen LogP contribution in [0.15, 0.2) is 24.3 Å². The second kappa shape index (κ2) is 8.17. The van der Waals surface area contributed by atoms with Crippen molar-refractivity contribution in [2.24, 2.45) is 0 Å². The zero-order chi connectivity index (χ0) is 14.1. The highest BCUT2D eigenvalue weighted by Gasteiger charge is 2.10. The quantitative estimate of drug-likeness (QED) is 0.685. The number of para-hydroxylation sites is 1. The van der Waals surface area contributed by atoms with Gasteiger partial charge in [-0.3, -0.25) is 4.72 Å². The Morgan fingerprint density at radius 2 is 1.84 bits per heavy atom. The number of benzene rings is 1. The minimum absolute atomic E-state index is 0.176. The highest BCUT2D eigenvalue weighted by Crippen LogP contribution is 2.15. The lowest BCUT2D eigenvalue weighted by Gasteiger charge is -2.10. The number of aryl methyl sites for hydroxylation is 1. The van der Waals surface area contributed by atoms with E-state index < -0.39 is 10.0 Å². The van der Waals surface area contributed by atoms with E-state index in [1.165, 1.54) is 0 Å². The minimum Gasteiger partial charge on any atom is -0.317 e. The van der Waals surface area contributed by atoms with Gasteiger partial charge in [0.15, 0.2) is 0 Å². The largest absolute Gasteiger partial charge is 0.317 e. The van der Waals surface area contributed by atoms with Gasteiger partial charge < -0.3 is 5.32 Å². The molecule has 2 N–H and O–H groups in total. The lowest BCUT2D eigenvalue weighted by Crippen LogP contribution is -2.20. The summed E-state index contributed by atoms with van der Waals surface area (Å²) in [6.45, 7) is 5.89. The smallest absolute Gasteiger partial charge is 0.232 e. The lowest BCUT2D eigenvalue weighted by molar-refractivity contribution is 0.590. The van der Waals surface area contributed by atoms with Crippen molar-refractivity contribution in [3.05, 3.63) is 29.8 Å². The van der Waals surface area contributed by atoms with Crippen molar-refractivity contribution in [3.8, 4) is 0 Å². The molecule has 0 fully saturated rings. The maximum absolute atomic E-state index is 11.9. The van der Waals surface area contributed by atoms with E-state index in [0.717, 1.165) is 31.5 Å². The van der Waals surface area contributed by atoms with Gasteiger partial charge in [-0.15, -0.1) is 0 Å². The lowest BCUT2D eigenvalue weighted by atomic mass is 10.2. The van der Waals surface area contributed by atoms with E-state index in [-0.39, 0.29) is 5.75 Å². The van der Waals surface area contributed by atoms with Gasteiger partial charge in [0, 0.05) is 0 Å². The average Bonchev–Trinajstić information content (AvgIpc) is 2.36. The normalized spacial score (nSPS) is 11.5. The van der Waals surface area contributed by atoms with Gasteiger partial charge in [0.05, 0.1) is 11.4 Å². The van der Waals surface area contributed by atoms with Crippen LogP contribution in [0, 0.1) is 6.92 Å². The van der Waals surface area contributed by atoms with E-state index in [1.54, 1.807) is 6.07 Å². The van der Waals surface area contributed by atoms with E-state index in [9.17, 15) is 8.42 Å². The molecular weight excluding hydrogens is 260 g/mol. The van der Waals surface area contributed by atoms with Gasteiger partial charge in [0.25, 0.3) is 0 Å². The maximum Gasteiger partial charge on any atom is 0.232 e. The van der Waals surface area contributed by atoms with Crippen LogP contribution in [-0.2, 0) is 10.0 Å². The Morgan fingerprint density at radius 1 is 1.11 bits per heavy atom. The van der Waals surface area contributed by atoms with Crippen molar-refractivity contribution in [1.82, 2.24) is 5.32 Å². The number of anilines is 1. The Bertz CT molecular complexity index is 472. The summed E-state index contributed by atoms with van der Waals surface area (Å²) in [6, 6.07) is 7.41. The summed E-state index contributed by atoms with van der Waals surface area (Å²) < 4.78 is 26.5. The van der Waals surface area contributed by atoms with Crippen molar-refractivity contribution < 1.29 is 8.42 Å². The first kappa shape index (κ1) is 16.0. The van der Waals surface area contributed by atoms with Gasteiger partial charge in [-0.2, -0.15) is 0 Å². The van der Waals surface area contributed by atoms with Gasteiger partial charge in [-0.05, 0) is 50.9 Å². The van der Waals surface area contributed by atoms with E-state index in [4.69, 9.17) is 0 Å². The van der Waals surface area contributed by atoms with Crippen molar-refractivity contribution >= 4 is 15.7 Å². The van der Waals surface area contributed by atoms with Crippen molar-refractivity contribution in [2.75, 3.05) is 23.6 Å². The molecule has 0 heterocycles.